The maximum absolute atomic E-state index is 6.94. The van der Waals surface area contributed by atoms with Gasteiger partial charge in [-0.15, -0.1) is 23.2 Å². The van der Waals surface area contributed by atoms with E-state index < -0.39 is 0 Å². The molecule has 0 heterocycles. The first-order valence-corrected chi connectivity index (χ1v) is 6.31. The molecule has 1 aromatic rings. The first kappa shape index (κ1) is 25.8. The molecule has 0 bridgehead atoms. The number of benzene rings is 1. The van der Waals surface area contributed by atoms with Gasteiger partial charge in [0.1, 0.15) is 0 Å². The summed E-state index contributed by atoms with van der Waals surface area (Å²) >= 11 is 0. The van der Waals surface area contributed by atoms with E-state index in [2.05, 4.69) is 44.2 Å². The standard InChI is InChI=1S/C13H13.C4H10N.2ClH.Ti/c1-10-6-3-4-8-12(10)13-9-5-7-11(13)2;1-4(2,3)5;;;/h3-8H,1,9H2,2H3;5H,1-3H3;2*1H;/q2*-1;;;+2/p-2. The van der Waals surface area contributed by atoms with Crippen LogP contribution in [0.3, 0.4) is 0 Å². The molecule has 1 aliphatic carbocycles. The first-order chi connectivity index (χ1) is 8.29. The Hall–Kier alpha value is -0.176. The molecular weight excluding hydrogens is 337 g/mol. The Morgan fingerprint density at radius 3 is 1.95 bits per heavy atom. The average molecular weight is 360 g/mol. The van der Waals surface area contributed by atoms with Crippen LogP contribution in [0.1, 0.15) is 45.2 Å². The molecule has 0 saturated heterocycles. The molecule has 1 aliphatic rings. The van der Waals surface area contributed by atoms with E-state index in [-0.39, 0.29) is 52.1 Å². The molecule has 0 spiro atoms. The van der Waals surface area contributed by atoms with Crippen molar-refractivity contribution < 1.29 is 46.5 Å². The maximum atomic E-state index is 6.94. The van der Waals surface area contributed by atoms with Crippen LogP contribution in [0.15, 0.2) is 42.0 Å². The van der Waals surface area contributed by atoms with E-state index >= 15 is 0 Å². The molecule has 0 saturated carbocycles. The Morgan fingerprint density at radius 2 is 1.57 bits per heavy atom. The van der Waals surface area contributed by atoms with Crippen LogP contribution in [0.4, 0.5) is 0 Å². The van der Waals surface area contributed by atoms with Crippen LogP contribution in [-0.2, 0) is 21.7 Å². The maximum Gasteiger partial charge on any atom is 2.00 e. The molecule has 0 aromatic heterocycles. The molecule has 1 nitrogen and oxygen atoms in total. The fraction of sp³-hybridized carbons (Fsp3) is 0.353. The zero-order valence-corrected chi connectivity index (χ0v) is 16.2. The third kappa shape index (κ3) is 10.2. The minimum Gasteiger partial charge on any atom is -1.00 e. The molecule has 4 heteroatoms. The van der Waals surface area contributed by atoms with Gasteiger partial charge < -0.3 is 30.5 Å². The fourth-order valence-corrected chi connectivity index (χ4v) is 1.75. The summed E-state index contributed by atoms with van der Waals surface area (Å²) in [6, 6.07) is 8.31. The van der Waals surface area contributed by atoms with Gasteiger partial charge in [0.05, 0.1) is 0 Å². The quantitative estimate of drug-likeness (QED) is 0.474. The van der Waals surface area contributed by atoms with Gasteiger partial charge in [0.25, 0.3) is 0 Å². The van der Waals surface area contributed by atoms with Crippen LogP contribution >= 0.6 is 0 Å². The normalized spacial score (nSPS) is 12.4. The van der Waals surface area contributed by atoms with E-state index in [9.17, 15) is 0 Å². The van der Waals surface area contributed by atoms with Crippen molar-refractivity contribution in [2.45, 2.75) is 39.7 Å². The third-order valence-corrected chi connectivity index (χ3v) is 2.51. The largest absolute Gasteiger partial charge is 2.00 e. The van der Waals surface area contributed by atoms with E-state index in [1.807, 2.05) is 26.8 Å². The molecule has 1 N–H and O–H groups in total. The second kappa shape index (κ2) is 11.4. The average Bonchev–Trinajstić information content (AvgIpc) is 2.63. The SMILES string of the molecule is CC(C)(C)[NH-].[CH2-]c1ccccc1C1=C(C)C=CC1.[Cl-].[Cl-].[Ti+2]. The monoisotopic (exact) mass is 359 g/mol. The zero-order valence-electron chi connectivity index (χ0n) is 13.1. The van der Waals surface area contributed by atoms with E-state index in [4.69, 9.17) is 5.73 Å². The van der Waals surface area contributed by atoms with Crippen molar-refractivity contribution in [2.75, 3.05) is 0 Å². The molecule has 0 fully saturated rings. The van der Waals surface area contributed by atoms with Crippen molar-refractivity contribution in [1.29, 1.82) is 0 Å². The number of allylic oxidation sites excluding steroid dienone is 4. The molecule has 21 heavy (non-hydrogen) atoms. The van der Waals surface area contributed by atoms with Gasteiger partial charge in [0, 0.05) is 0 Å². The van der Waals surface area contributed by atoms with Crippen LogP contribution < -0.4 is 24.8 Å². The van der Waals surface area contributed by atoms with Crippen molar-refractivity contribution in [3.05, 3.63) is 65.8 Å². The summed E-state index contributed by atoms with van der Waals surface area (Å²) in [5.41, 5.74) is 11.9. The number of hydrogen-bond acceptors (Lipinski definition) is 0. The molecule has 0 amide bonds. The first-order valence-electron chi connectivity index (χ1n) is 6.31. The number of rotatable bonds is 1. The summed E-state index contributed by atoms with van der Waals surface area (Å²) in [7, 11) is 0. The zero-order chi connectivity index (χ0) is 13.8. The molecule has 0 aliphatic heterocycles. The molecule has 0 unspecified atom stereocenters. The topological polar surface area (TPSA) is 23.8 Å². The van der Waals surface area contributed by atoms with E-state index in [0.29, 0.717) is 0 Å². The number of hydrogen-bond donors (Lipinski definition) is 0. The second-order valence-electron chi connectivity index (χ2n) is 5.68. The van der Waals surface area contributed by atoms with Gasteiger partial charge in [0.2, 0.25) is 0 Å². The van der Waals surface area contributed by atoms with Gasteiger partial charge in [0.15, 0.2) is 0 Å². The summed E-state index contributed by atoms with van der Waals surface area (Å²) in [5.74, 6) is 0. The molecule has 0 radical (unpaired) electrons. The minimum atomic E-state index is -0.250. The van der Waals surface area contributed by atoms with Crippen LogP contribution in [0.25, 0.3) is 11.3 Å². The second-order valence-corrected chi connectivity index (χ2v) is 5.68. The van der Waals surface area contributed by atoms with Crippen LogP contribution in [0.5, 0.6) is 0 Å². The third-order valence-electron chi connectivity index (χ3n) is 2.51. The molecule has 116 valence electrons. The predicted octanol–water partition coefficient (Wildman–Crippen LogP) is -0.555. The molecule has 1 aromatic carbocycles. The Kier molecular flexibility index (Phi) is 14.0. The van der Waals surface area contributed by atoms with Crippen LogP contribution in [0, 0.1) is 6.92 Å². The smallest absolute Gasteiger partial charge is 1.00 e. The number of halogens is 2. The fourth-order valence-electron chi connectivity index (χ4n) is 1.75. The summed E-state index contributed by atoms with van der Waals surface area (Å²) < 4.78 is 0. The van der Waals surface area contributed by atoms with Crippen molar-refractivity contribution >= 4 is 5.57 Å². The summed E-state index contributed by atoms with van der Waals surface area (Å²) in [4.78, 5) is 0. The number of nitrogens with one attached hydrogen (secondary N) is 1. The predicted molar refractivity (Wildman–Crippen MR) is 81.3 cm³/mol. The van der Waals surface area contributed by atoms with E-state index in [0.717, 1.165) is 12.0 Å². The van der Waals surface area contributed by atoms with E-state index in [1.165, 1.54) is 16.7 Å². The minimum absolute atomic E-state index is 0. The van der Waals surface area contributed by atoms with Crippen LogP contribution in [-0.4, -0.2) is 5.54 Å². The van der Waals surface area contributed by atoms with Gasteiger partial charge in [-0.2, -0.15) is 18.6 Å². The van der Waals surface area contributed by atoms with Crippen molar-refractivity contribution in [2.24, 2.45) is 0 Å². The van der Waals surface area contributed by atoms with Gasteiger partial charge >= 0.3 is 21.7 Å². The Morgan fingerprint density at radius 1 is 1.10 bits per heavy atom. The van der Waals surface area contributed by atoms with Crippen LogP contribution in [0.2, 0.25) is 0 Å². The van der Waals surface area contributed by atoms with Crippen molar-refractivity contribution in [3.8, 4) is 0 Å². The van der Waals surface area contributed by atoms with Crippen molar-refractivity contribution in [1.82, 2.24) is 0 Å². The van der Waals surface area contributed by atoms with E-state index in [1.54, 1.807) is 0 Å². The molecule has 0 atom stereocenters. The summed E-state index contributed by atoms with van der Waals surface area (Å²) in [5, 5.41) is 0. The Bertz CT molecular complexity index is 468. The molecule has 2 rings (SSSR count). The van der Waals surface area contributed by atoms with Gasteiger partial charge in [-0.25, -0.2) is 0 Å². The Balaban J connectivity index is -0.000000360. The van der Waals surface area contributed by atoms with Gasteiger partial charge in [-0.1, -0.05) is 50.1 Å². The van der Waals surface area contributed by atoms with Crippen molar-refractivity contribution in [3.63, 3.8) is 0 Å². The summed E-state index contributed by atoms with van der Waals surface area (Å²) in [6.45, 7) is 11.8. The molecular formula is C17H23Cl2NTi-2. The van der Waals surface area contributed by atoms with Gasteiger partial charge in [-0.3, -0.25) is 0 Å². The Labute approximate surface area is 157 Å². The summed E-state index contributed by atoms with van der Waals surface area (Å²) in [6.07, 6.45) is 5.44. The van der Waals surface area contributed by atoms with Gasteiger partial charge in [-0.05, 0) is 13.3 Å².